The molecule has 36 heavy (non-hydrogen) atoms. The molecule has 2 unspecified atom stereocenters. The summed E-state index contributed by atoms with van der Waals surface area (Å²) in [6, 6.07) is 23.7. The molecule has 0 radical (unpaired) electrons. The number of anilines is 1. The number of benzene rings is 3. The number of aliphatic imine (C=N–C) groups is 1. The minimum absolute atomic E-state index is 0.0193. The van der Waals surface area contributed by atoms with Crippen molar-refractivity contribution < 1.29 is 22.7 Å². The Hall–Kier alpha value is -3.01. The number of ether oxygens (including phenoxy) is 2. The monoisotopic (exact) mass is 542 g/mol. The van der Waals surface area contributed by atoms with Crippen molar-refractivity contribution in [3.05, 3.63) is 89.4 Å². The average Bonchev–Trinajstić information content (AvgIpc) is 3.34. The molecular weight excluding hydrogens is 520 g/mol. The molecule has 186 valence electrons. The minimum atomic E-state index is -3.16. The molecule has 3 aromatic rings. The number of thioether (sulfide) groups is 1. The van der Waals surface area contributed by atoms with Crippen LogP contribution in [0.5, 0.6) is 11.5 Å². The summed E-state index contributed by atoms with van der Waals surface area (Å²) in [5.41, 5.74) is 1.81. The molecule has 2 heterocycles. The number of hydrogen-bond acceptors (Lipinski definition) is 6. The molecular formula is C26H23ClN2O5S2. The summed E-state index contributed by atoms with van der Waals surface area (Å²) in [5, 5.41) is 0.861. The lowest BCUT2D eigenvalue weighted by atomic mass is 10.2. The number of halogens is 1. The van der Waals surface area contributed by atoms with E-state index in [9.17, 15) is 13.2 Å². The second kappa shape index (κ2) is 10.5. The van der Waals surface area contributed by atoms with Crippen molar-refractivity contribution in [3.8, 4) is 11.5 Å². The molecule has 0 bridgehead atoms. The lowest BCUT2D eigenvalue weighted by Crippen LogP contribution is -2.37. The predicted octanol–water partition coefficient (Wildman–Crippen LogP) is 4.60. The van der Waals surface area contributed by atoms with Crippen molar-refractivity contribution in [1.29, 1.82) is 0 Å². The maximum atomic E-state index is 12.6. The van der Waals surface area contributed by atoms with Crippen LogP contribution in [0.4, 0.5) is 5.69 Å². The van der Waals surface area contributed by atoms with E-state index in [1.807, 2.05) is 59.5 Å². The van der Waals surface area contributed by atoms with Crippen LogP contribution in [0.1, 0.15) is 5.56 Å². The normalized spacial score (nSPS) is 21.4. The molecule has 1 amide bonds. The van der Waals surface area contributed by atoms with Crippen molar-refractivity contribution >= 4 is 50.0 Å². The Bertz CT molecular complexity index is 1360. The van der Waals surface area contributed by atoms with Gasteiger partial charge in [-0.25, -0.2) is 8.42 Å². The number of amides is 1. The van der Waals surface area contributed by atoms with Crippen LogP contribution in [0.25, 0.3) is 0 Å². The van der Waals surface area contributed by atoms with Crippen molar-refractivity contribution in [3.63, 3.8) is 0 Å². The Morgan fingerprint density at radius 2 is 1.61 bits per heavy atom. The number of carbonyl (C=O) groups is 1. The third kappa shape index (κ3) is 5.86. The van der Waals surface area contributed by atoms with Crippen LogP contribution in [-0.4, -0.2) is 48.9 Å². The molecule has 5 rings (SSSR count). The average molecular weight is 543 g/mol. The lowest BCUT2D eigenvalue weighted by molar-refractivity contribution is -0.119. The number of fused-ring (bicyclic) bond motifs is 1. The number of sulfone groups is 1. The number of carbonyl (C=O) groups excluding carboxylic acids is 1. The van der Waals surface area contributed by atoms with Crippen LogP contribution < -0.4 is 14.4 Å². The van der Waals surface area contributed by atoms with Gasteiger partial charge in [0, 0.05) is 16.0 Å². The van der Waals surface area contributed by atoms with Crippen LogP contribution in [0.2, 0.25) is 5.02 Å². The van der Waals surface area contributed by atoms with E-state index in [2.05, 4.69) is 4.99 Å². The van der Waals surface area contributed by atoms with Crippen molar-refractivity contribution in [1.82, 2.24) is 0 Å². The molecule has 2 aliphatic rings. The summed E-state index contributed by atoms with van der Waals surface area (Å²) >= 11 is 7.20. The molecule has 7 nitrogen and oxygen atoms in total. The van der Waals surface area contributed by atoms with Crippen LogP contribution in [0, 0.1) is 0 Å². The molecule has 0 saturated carbocycles. The zero-order chi connectivity index (χ0) is 25.1. The van der Waals surface area contributed by atoms with Gasteiger partial charge in [0.05, 0.1) is 17.5 Å². The standard InChI is InChI=1S/C26H23ClN2O5S2/c27-19-6-10-21(11-7-19)34-15-25(30)28-26-29(23-16-36(31,32)17-24(23)35-26)20-8-12-22(13-9-20)33-14-18-4-2-1-3-5-18/h1-13,23-24H,14-17H2. The topological polar surface area (TPSA) is 85.3 Å². The first-order valence-electron chi connectivity index (χ1n) is 11.3. The first-order valence-corrected chi connectivity index (χ1v) is 14.4. The Labute approximate surface area is 219 Å². The largest absolute Gasteiger partial charge is 0.489 e. The van der Waals surface area contributed by atoms with Crippen LogP contribution in [-0.2, 0) is 21.2 Å². The minimum Gasteiger partial charge on any atom is -0.489 e. The number of hydrogen-bond donors (Lipinski definition) is 0. The van der Waals surface area contributed by atoms with Gasteiger partial charge in [0.1, 0.15) is 18.1 Å². The Kier molecular flexibility index (Phi) is 7.22. The quantitative estimate of drug-likeness (QED) is 0.431. The van der Waals surface area contributed by atoms with Gasteiger partial charge in [-0.2, -0.15) is 4.99 Å². The predicted molar refractivity (Wildman–Crippen MR) is 143 cm³/mol. The first kappa shape index (κ1) is 24.7. The van der Waals surface area contributed by atoms with Crippen LogP contribution >= 0.6 is 23.4 Å². The molecule has 2 saturated heterocycles. The molecule has 0 spiro atoms. The lowest BCUT2D eigenvalue weighted by Gasteiger charge is -2.24. The van der Waals surface area contributed by atoms with E-state index in [-0.39, 0.29) is 29.4 Å². The fraction of sp³-hybridized carbons (Fsp3) is 0.231. The highest BCUT2D eigenvalue weighted by molar-refractivity contribution is 8.16. The molecule has 0 N–H and O–H groups in total. The van der Waals surface area contributed by atoms with E-state index in [4.69, 9.17) is 21.1 Å². The van der Waals surface area contributed by atoms with Crippen LogP contribution in [0.3, 0.4) is 0 Å². The zero-order valence-electron chi connectivity index (χ0n) is 19.1. The van der Waals surface area contributed by atoms with Gasteiger partial charge in [0.25, 0.3) is 5.91 Å². The highest BCUT2D eigenvalue weighted by Crippen LogP contribution is 2.41. The summed E-state index contributed by atoms with van der Waals surface area (Å²) in [7, 11) is -3.16. The van der Waals surface area contributed by atoms with Crippen LogP contribution in [0.15, 0.2) is 83.9 Å². The third-order valence-corrected chi connectivity index (χ3v) is 9.29. The second-order valence-electron chi connectivity index (χ2n) is 8.47. The summed E-state index contributed by atoms with van der Waals surface area (Å²) in [6.07, 6.45) is 0. The summed E-state index contributed by atoms with van der Waals surface area (Å²) in [6.45, 7) is 0.205. The smallest absolute Gasteiger partial charge is 0.285 e. The molecule has 3 aromatic carbocycles. The summed E-state index contributed by atoms with van der Waals surface area (Å²) in [4.78, 5) is 18.8. The highest BCUT2D eigenvalue weighted by Gasteiger charge is 2.49. The van der Waals surface area contributed by atoms with E-state index < -0.39 is 15.7 Å². The van der Waals surface area contributed by atoms with Crippen molar-refractivity contribution in [2.45, 2.75) is 17.9 Å². The second-order valence-corrected chi connectivity index (χ2v) is 12.3. The van der Waals surface area contributed by atoms with Crippen molar-refractivity contribution in [2.75, 3.05) is 23.0 Å². The van der Waals surface area contributed by atoms with E-state index >= 15 is 0 Å². The van der Waals surface area contributed by atoms with Gasteiger partial charge < -0.3 is 14.4 Å². The van der Waals surface area contributed by atoms with E-state index in [0.717, 1.165) is 11.3 Å². The summed E-state index contributed by atoms with van der Waals surface area (Å²) in [5.74, 6) is 0.828. The molecule has 0 aromatic heterocycles. The highest BCUT2D eigenvalue weighted by atomic mass is 35.5. The molecule has 2 atom stereocenters. The Balaban J connectivity index is 1.31. The van der Waals surface area contributed by atoms with Gasteiger partial charge in [-0.15, -0.1) is 0 Å². The van der Waals surface area contributed by atoms with E-state index in [1.54, 1.807) is 24.3 Å². The van der Waals surface area contributed by atoms with E-state index in [1.165, 1.54) is 11.8 Å². The molecule has 2 aliphatic heterocycles. The Morgan fingerprint density at radius 1 is 0.944 bits per heavy atom. The molecule has 2 fully saturated rings. The SMILES string of the molecule is O=C(COc1ccc(Cl)cc1)N=C1SC2CS(=O)(=O)CC2N1c1ccc(OCc2ccccc2)cc1. The van der Waals surface area contributed by atoms with Gasteiger partial charge in [-0.3, -0.25) is 4.79 Å². The van der Waals surface area contributed by atoms with Gasteiger partial charge in [0.15, 0.2) is 21.6 Å². The first-order chi connectivity index (χ1) is 17.4. The van der Waals surface area contributed by atoms with Gasteiger partial charge in [-0.1, -0.05) is 53.7 Å². The maximum Gasteiger partial charge on any atom is 0.285 e. The van der Waals surface area contributed by atoms with E-state index in [0.29, 0.717) is 28.3 Å². The van der Waals surface area contributed by atoms with Gasteiger partial charge >= 0.3 is 0 Å². The Morgan fingerprint density at radius 3 is 2.33 bits per heavy atom. The fourth-order valence-electron chi connectivity index (χ4n) is 4.13. The number of amidine groups is 1. The van der Waals surface area contributed by atoms with Crippen molar-refractivity contribution in [2.24, 2.45) is 4.99 Å². The van der Waals surface area contributed by atoms with Gasteiger partial charge in [0.2, 0.25) is 0 Å². The zero-order valence-corrected chi connectivity index (χ0v) is 21.5. The number of nitrogens with zero attached hydrogens (tertiary/aromatic N) is 2. The fourth-order valence-corrected chi connectivity index (χ4v) is 8.18. The number of rotatable bonds is 7. The molecule has 0 aliphatic carbocycles. The molecule has 10 heteroatoms. The summed E-state index contributed by atoms with van der Waals surface area (Å²) < 4.78 is 36.0. The van der Waals surface area contributed by atoms with Gasteiger partial charge in [-0.05, 0) is 54.1 Å². The third-order valence-electron chi connectivity index (χ3n) is 5.83. The maximum absolute atomic E-state index is 12.6.